The number of halogens is 1. The van der Waals surface area contributed by atoms with Crippen LogP contribution in [0.25, 0.3) is 10.9 Å². The van der Waals surface area contributed by atoms with Crippen molar-refractivity contribution in [3.63, 3.8) is 0 Å². The van der Waals surface area contributed by atoms with Crippen molar-refractivity contribution in [3.8, 4) is 5.88 Å². The zero-order chi connectivity index (χ0) is 15.4. The van der Waals surface area contributed by atoms with E-state index in [2.05, 4.69) is 22.1 Å². The van der Waals surface area contributed by atoms with Crippen molar-refractivity contribution >= 4 is 17.1 Å². The summed E-state index contributed by atoms with van der Waals surface area (Å²) in [5, 5.41) is 10.5. The highest BCUT2D eigenvalue weighted by Crippen LogP contribution is 2.26. The molecule has 0 radical (unpaired) electrons. The molecule has 112 valence electrons. The SMILES string of the molecule is Oc1[nH]c2ccc(F)cc2c1C=NCCCc1ccccc1. The van der Waals surface area contributed by atoms with E-state index in [0.717, 1.165) is 12.8 Å². The zero-order valence-electron chi connectivity index (χ0n) is 12.1. The third kappa shape index (κ3) is 3.17. The Hall–Kier alpha value is -2.62. The molecule has 1 heterocycles. The van der Waals surface area contributed by atoms with Gasteiger partial charge in [0.2, 0.25) is 0 Å². The van der Waals surface area contributed by atoms with E-state index < -0.39 is 0 Å². The van der Waals surface area contributed by atoms with Crippen LogP contribution in [0.2, 0.25) is 0 Å². The van der Waals surface area contributed by atoms with E-state index in [9.17, 15) is 9.50 Å². The minimum absolute atomic E-state index is 0.0207. The number of benzene rings is 2. The number of rotatable bonds is 5. The molecule has 22 heavy (non-hydrogen) atoms. The summed E-state index contributed by atoms with van der Waals surface area (Å²) in [7, 11) is 0. The molecule has 3 aromatic rings. The molecule has 0 bridgehead atoms. The fourth-order valence-corrected chi connectivity index (χ4v) is 2.48. The van der Waals surface area contributed by atoms with Gasteiger partial charge in [-0.05, 0) is 36.6 Å². The van der Waals surface area contributed by atoms with Crippen LogP contribution < -0.4 is 0 Å². The van der Waals surface area contributed by atoms with Gasteiger partial charge in [0.25, 0.3) is 0 Å². The number of fused-ring (bicyclic) bond motifs is 1. The fraction of sp³-hybridized carbons (Fsp3) is 0.167. The Labute approximate surface area is 128 Å². The van der Waals surface area contributed by atoms with E-state index in [1.165, 1.54) is 17.7 Å². The van der Waals surface area contributed by atoms with Crippen molar-refractivity contribution in [1.82, 2.24) is 4.98 Å². The lowest BCUT2D eigenvalue weighted by Crippen LogP contribution is -1.89. The highest BCUT2D eigenvalue weighted by molar-refractivity contribution is 6.01. The lowest BCUT2D eigenvalue weighted by atomic mass is 10.1. The first-order valence-electron chi connectivity index (χ1n) is 7.28. The lowest BCUT2D eigenvalue weighted by Gasteiger charge is -1.98. The smallest absolute Gasteiger partial charge is 0.198 e. The summed E-state index contributed by atoms with van der Waals surface area (Å²) in [6, 6.07) is 14.6. The summed E-state index contributed by atoms with van der Waals surface area (Å²) >= 11 is 0. The van der Waals surface area contributed by atoms with Gasteiger partial charge in [0.1, 0.15) is 5.82 Å². The second-order valence-corrected chi connectivity index (χ2v) is 5.20. The van der Waals surface area contributed by atoms with Crippen molar-refractivity contribution in [2.75, 3.05) is 6.54 Å². The van der Waals surface area contributed by atoms with Crippen LogP contribution in [-0.4, -0.2) is 22.8 Å². The van der Waals surface area contributed by atoms with Crippen LogP contribution >= 0.6 is 0 Å². The number of aryl methyl sites for hydroxylation is 1. The average molecular weight is 296 g/mol. The van der Waals surface area contributed by atoms with Gasteiger partial charge in [-0.2, -0.15) is 0 Å². The molecule has 2 aromatic carbocycles. The summed E-state index contributed by atoms with van der Waals surface area (Å²) < 4.78 is 13.3. The molecule has 0 saturated carbocycles. The Morgan fingerprint density at radius 3 is 2.77 bits per heavy atom. The predicted octanol–water partition coefficient (Wildman–Crippen LogP) is 4.06. The number of hydrogen-bond donors (Lipinski definition) is 2. The normalized spacial score (nSPS) is 11.5. The number of aliphatic imine (C=N–C) groups is 1. The minimum atomic E-state index is -0.328. The molecule has 0 saturated heterocycles. The van der Waals surface area contributed by atoms with Crippen molar-refractivity contribution in [3.05, 3.63) is 65.5 Å². The molecule has 0 spiro atoms. The largest absolute Gasteiger partial charge is 0.494 e. The molecule has 0 aliphatic heterocycles. The highest BCUT2D eigenvalue weighted by atomic mass is 19.1. The Balaban J connectivity index is 1.65. The van der Waals surface area contributed by atoms with E-state index in [1.54, 1.807) is 12.3 Å². The lowest BCUT2D eigenvalue weighted by molar-refractivity contribution is 0.457. The van der Waals surface area contributed by atoms with Crippen LogP contribution in [0, 0.1) is 5.82 Å². The van der Waals surface area contributed by atoms with Crippen LogP contribution in [0.1, 0.15) is 17.5 Å². The van der Waals surface area contributed by atoms with Crippen molar-refractivity contribution in [1.29, 1.82) is 0 Å². The summed E-state index contributed by atoms with van der Waals surface area (Å²) in [6.07, 6.45) is 3.50. The Kier molecular flexibility index (Phi) is 4.19. The number of hydrogen-bond acceptors (Lipinski definition) is 2. The third-order valence-corrected chi connectivity index (χ3v) is 3.60. The molecule has 0 amide bonds. The minimum Gasteiger partial charge on any atom is -0.494 e. The maximum Gasteiger partial charge on any atom is 0.198 e. The first-order chi connectivity index (χ1) is 10.7. The fourth-order valence-electron chi connectivity index (χ4n) is 2.48. The first kappa shape index (κ1) is 14.3. The number of aromatic amines is 1. The van der Waals surface area contributed by atoms with Gasteiger partial charge < -0.3 is 10.1 Å². The maximum absolute atomic E-state index is 13.3. The second kappa shape index (κ2) is 6.43. The monoisotopic (exact) mass is 296 g/mol. The van der Waals surface area contributed by atoms with Gasteiger partial charge in [-0.15, -0.1) is 0 Å². The number of nitrogens with one attached hydrogen (secondary N) is 1. The summed E-state index contributed by atoms with van der Waals surface area (Å²) in [5.74, 6) is -0.308. The Morgan fingerprint density at radius 1 is 1.14 bits per heavy atom. The number of H-pyrrole nitrogens is 1. The Morgan fingerprint density at radius 2 is 1.95 bits per heavy atom. The standard InChI is InChI=1S/C18H17FN2O/c19-14-8-9-17-15(11-14)16(18(22)21-17)12-20-10-4-7-13-5-2-1-3-6-13/h1-3,5-6,8-9,11-12,21-22H,4,7,10H2. The highest BCUT2D eigenvalue weighted by Gasteiger charge is 2.09. The van der Waals surface area contributed by atoms with Crippen molar-refractivity contribution in [2.24, 2.45) is 4.99 Å². The van der Waals surface area contributed by atoms with Gasteiger partial charge in [-0.1, -0.05) is 30.3 Å². The topological polar surface area (TPSA) is 48.4 Å². The molecule has 0 aliphatic rings. The quantitative estimate of drug-likeness (QED) is 0.541. The first-order valence-corrected chi connectivity index (χ1v) is 7.28. The van der Waals surface area contributed by atoms with Gasteiger partial charge in [0.05, 0.1) is 5.56 Å². The molecule has 0 unspecified atom stereocenters. The molecular formula is C18H17FN2O. The molecule has 1 aromatic heterocycles. The maximum atomic E-state index is 13.3. The predicted molar refractivity (Wildman–Crippen MR) is 87.1 cm³/mol. The molecule has 2 N–H and O–H groups in total. The number of nitrogens with zero attached hydrogens (tertiary/aromatic N) is 1. The molecule has 0 atom stereocenters. The van der Waals surface area contributed by atoms with Crippen LogP contribution in [0.4, 0.5) is 4.39 Å². The average Bonchev–Trinajstić information content (AvgIpc) is 2.83. The Bertz CT molecular complexity index is 793. The summed E-state index contributed by atoms with van der Waals surface area (Å²) in [4.78, 5) is 7.16. The van der Waals surface area contributed by atoms with Gasteiger partial charge in [0.15, 0.2) is 5.88 Å². The van der Waals surface area contributed by atoms with Crippen LogP contribution in [-0.2, 0) is 6.42 Å². The molecule has 0 aliphatic carbocycles. The van der Waals surface area contributed by atoms with Crippen LogP contribution in [0.3, 0.4) is 0 Å². The van der Waals surface area contributed by atoms with E-state index in [1.807, 2.05) is 18.2 Å². The third-order valence-electron chi connectivity index (χ3n) is 3.60. The zero-order valence-corrected chi connectivity index (χ0v) is 12.1. The van der Waals surface area contributed by atoms with E-state index in [-0.39, 0.29) is 11.7 Å². The van der Waals surface area contributed by atoms with Crippen LogP contribution in [0.5, 0.6) is 5.88 Å². The van der Waals surface area contributed by atoms with Gasteiger partial charge in [-0.25, -0.2) is 4.39 Å². The van der Waals surface area contributed by atoms with Crippen molar-refractivity contribution in [2.45, 2.75) is 12.8 Å². The number of aromatic nitrogens is 1. The summed E-state index contributed by atoms with van der Waals surface area (Å²) in [5.41, 5.74) is 2.52. The van der Waals surface area contributed by atoms with E-state index in [4.69, 9.17) is 0 Å². The van der Waals surface area contributed by atoms with E-state index in [0.29, 0.717) is 23.0 Å². The number of aromatic hydroxyl groups is 1. The molecular weight excluding hydrogens is 279 g/mol. The summed E-state index contributed by atoms with van der Waals surface area (Å²) in [6.45, 7) is 0.663. The molecule has 4 heteroatoms. The van der Waals surface area contributed by atoms with E-state index >= 15 is 0 Å². The van der Waals surface area contributed by atoms with Gasteiger partial charge >= 0.3 is 0 Å². The van der Waals surface area contributed by atoms with Gasteiger partial charge in [0, 0.05) is 23.7 Å². The molecule has 0 fully saturated rings. The molecule has 3 rings (SSSR count). The molecule has 3 nitrogen and oxygen atoms in total. The van der Waals surface area contributed by atoms with Crippen LogP contribution in [0.15, 0.2) is 53.5 Å². The van der Waals surface area contributed by atoms with Gasteiger partial charge in [-0.3, -0.25) is 4.99 Å². The second-order valence-electron chi connectivity index (χ2n) is 5.20. The van der Waals surface area contributed by atoms with Crippen molar-refractivity contribution < 1.29 is 9.50 Å².